The lowest BCUT2D eigenvalue weighted by Gasteiger charge is -2.39. The van der Waals surface area contributed by atoms with Crippen molar-refractivity contribution in [2.24, 2.45) is 0 Å². The molecule has 8 nitrogen and oxygen atoms in total. The smallest absolute Gasteiger partial charge is 0.254 e. The molecule has 0 spiro atoms. The minimum absolute atomic E-state index is 0.110. The number of carbonyl (C=O) groups is 1. The Bertz CT molecular complexity index is 517. The standard InChI is InChI=1S/C16H25NO7/c1-15(2)21-9-10(22-15)12-14(24-16(3,4)23-12)20-11(9)13(18)17-5-7-19-8-6-17/h9-12,14H,5-8H2,1-4H3/t9-,10-,11+,12-,14+/m1/s1. The average molecular weight is 343 g/mol. The van der Waals surface area contributed by atoms with Gasteiger partial charge in [0, 0.05) is 13.1 Å². The Morgan fingerprint density at radius 2 is 1.46 bits per heavy atom. The van der Waals surface area contributed by atoms with Crippen molar-refractivity contribution in [1.82, 2.24) is 4.90 Å². The molecule has 0 saturated carbocycles. The molecular formula is C16H25NO7. The van der Waals surface area contributed by atoms with Crippen molar-refractivity contribution >= 4 is 5.91 Å². The third kappa shape index (κ3) is 2.85. The number of amides is 1. The van der Waals surface area contributed by atoms with Crippen LogP contribution in [0.3, 0.4) is 0 Å². The highest BCUT2D eigenvalue weighted by molar-refractivity contribution is 5.82. The largest absolute Gasteiger partial charge is 0.378 e. The first kappa shape index (κ1) is 16.7. The van der Waals surface area contributed by atoms with Gasteiger partial charge in [0.05, 0.1) is 13.2 Å². The van der Waals surface area contributed by atoms with Crippen LogP contribution in [-0.2, 0) is 33.2 Å². The van der Waals surface area contributed by atoms with E-state index in [4.69, 9.17) is 28.4 Å². The van der Waals surface area contributed by atoms with Gasteiger partial charge in [0.15, 0.2) is 24.0 Å². The van der Waals surface area contributed by atoms with Gasteiger partial charge in [-0.1, -0.05) is 0 Å². The lowest BCUT2D eigenvalue weighted by molar-refractivity contribution is -0.235. The fourth-order valence-corrected chi connectivity index (χ4v) is 3.77. The van der Waals surface area contributed by atoms with Crippen molar-refractivity contribution in [2.45, 2.75) is 70.0 Å². The molecule has 8 heteroatoms. The number of carbonyl (C=O) groups excluding carboxylic acids is 1. The van der Waals surface area contributed by atoms with Crippen LogP contribution in [0.1, 0.15) is 27.7 Å². The Balaban J connectivity index is 1.59. The summed E-state index contributed by atoms with van der Waals surface area (Å²) in [5, 5.41) is 0. The molecule has 0 bridgehead atoms. The summed E-state index contributed by atoms with van der Waals surface area (Å²) >= 11 is 0. The molecule has 1 amide bonds. The van der Waals surface area contributed by atoms with Crippen LogP contribution >= 0.6 is 0 Å². The molecule has 4 rings (SSSR count). The van der Waals surface area contributed by atoms with Gasteiger partial charge in [-0.05, 0) is 27.7 Å². The number of rotatable bonds is 1. The van der Waals surface area contributed by atoms with Crippen molar-refractivity contribution in [1.29, 1.82) is 0 Å². The van der Waals surface area contributed by atoms with Gasteiger partial charge in [0.2, 0.25) is 0 Å². The van der Waals surface area contributed by atoms with Gasteiger partial charge in [-0.2, -0.15) is 0 Å². The van der Waals surface area contributed by atoms with Gasteiger partial charge in [0.25, 0.3) is 5.91 Å². The number of fused-ring (bicyclic) bond motifs is 3. The molecule has 5 atom stereocenters. The average Bonchev–Trinajstić information content (AvgIpc) is 3.00. The molecular weight excluding hydrogens is 318 g/mol. The highest BCUT2D eigenvalue weighted by Gasteiger charge is 2.62. The second-order valence-electron chi connectivity index (χ2n) is 7.53. The topological polar surface area (TPSA) is 75.7 Å². The van der Waals surface area contributed by atoms with Gasteiger partial charge < -0.3 is 33.3 Å². The normalized spacial score (nSPS) is 43.3. The molecule has 0 aromatic carbocycles. The number of hydrogen-bond donors (Lipinski definition) is 0. The first-order valence-corrected chi connectivity index (χ1v) is 8.49. The number of morpholine rings is 1. The fraction of sp³-hybridized carbons (Fsp3) is 0.938. The van der Waals surface area contributed by atoms with Gasteiger partial charge in [-0.15, -0.1) is 0 Å². The van der Waals surface area contributed by atoms with E-state index < -0.39 is 42.3 Å². The molecule has 4 fully saturated rings. The van der Waals surface area contributed by atoms with Crippen LogP contribution in [0, 0.1) is 0 Å². The minimum atomic E-state index is -0.798. The van der Waals surface area contributed by atoms with Crippen LogP contribution in [0.4, 0.5) is 0 Å². The Morgan fingerprint density at radius 1 is 0.875 bits per heavy atom. The Morgan fingerprint density at radius 3 is 2.17 bits per heavy atom. The number of hydrogen-bond acceptors (Lipinski definition) is 7. The van der Waals surface area contributed by atoms with Crippen LogP contribution in [-0.4, -0.2) is 79.4 Å². The molecule has 0 radical (unpaired) electrons. The molecule has 4 aliphatic heterocycles. The zero-order valence-corrected chi connectivity index (χ0v) is 14.5. The van der Waals surface area contributed by atoms with E-state index in [1.165, 1.54) is 0 Å². The van der Waals surface area contributed by atoms with Crippen molar-refractivity contribution in [2.75, 3.05) is 26.3 Å². The third-order valence-corrected chi connectivity index (χ3v) is 4.72. The monoisotopic (exact) mass is 343 g/mol. The Labute approximate surface area is 141 Å². The summed E-state index contributed by atoms with van der Waals surface area (Å²) in [5.41, 5.74) is 0. The Kier molecular flexibility index (Phi) is 3.91. The van der Waals surface area contributed by atoms with Crippen LogP contribution < -0.4 is 0 Å². The zero-order valence-electron chi connectivity index (χ0n) is 14.5. The van der Waals surface area contributed by atoms with Crippen LogP contribution in [0.5, 0.6) is 0 Å². The van der Waals surface area contributed by atoms with Crippen molar-refractivity contribution < 1.29 is 33.2 Å². The van der Waals surface area contributed by atoms with E-state index in [1.54, 1.807) is 4.90 Å². The second kappa shape index (κ2) is 5.62. The summed E-state index contributed by atoms with van der Waals surface area (Å²) in [5.74, 6) is -1.69. The molecule has 0 aromatic rings. The molecule has 4 aliphatic rings. The highest BCUT2D eigenvalue weighted by Crippen LogP contribution is 2.44. The molecule has 0 unspecified atom stereocenters. The SMILES string of the molecule is CC1(C)O[C@@H]2[C@@H](O1)[C@@H](C(=O)N1CCOCC1)O[C@H]1OC(C)(C)O[C@@H]12. The van der Waals surface area contributed by atoms with E-state index in [0.717, 1.165) is 0 Å². The highest BCUT2D eigenvalue weighted by atomic mass is 16.9. The maximum atomic E-state index is 13.0. The summed E-state index contributed by atoms with van der Waals surface area (Å²) in [6, 6.07) is 0. The van der Waals surface area contributed by atoms with Crippen LogP contribution in [0.2, 0.25) is 0 Å². The lowest BCUT2D eigenvalue weighted by atomic mass is 9.98. The van der Waals surface area contributed by atoms with Crippen LogP contribution in [0.25, 0.3) is 0 Å². The minimum Gasteiger partial charge on any atom is -0.378 e. The van der Waals surface area contributed by atoms with E-state index in [1.807, 2.05) is 27.7 Å². The van der Waals surface area contributed by atoms with E-state index in [0.29, 0.717) is 26.3 Å². The van der Waals surface area contributed by atoms with Crippen molar-refractivity contribution in [3.8, 4) is 0 Å². The predicted octanol–water partition coefficient (Wildman–Crippen LogP) is 0.242. The molecule has 4 heterocycles. The zero-order chi connectivity index (χ0) is 17.1. The first-order chi connectivity index (χ1) is 11.3. The summed E-state index contributed by atoms with van der Waals surface area (Å²) in [6.07, 6.45) is -2.76. The summed E-state index contributed by atoms with van der Waals surface area (Å²) < 4.78 is 35.1. The van der Waals surface area contributed by atoms with Gasteiger partial charge >= 0.3 is 0 Å². The Hall–Kier alpha value is -0.770. The summed E-state index contributed by atoms with van der Waals surface area (Å²) in [4.78, 5) is 14.7. The third-order valence-electron chi connectivity index (χ3n) is 4.72. The van der Waals surface area contributed by atoms with E-state index in [-0.39, 0.29) is 5.91 Å². The van der Waals surface area contributed by atoms with Gasteiger partial charge in [0.1, 0.15) is 18.3 Å². The molecule has 0 aromatic heterocycles. The maximum Gasteiger partial charge on any atom is 0.254 e. The molecule has 136 valence electrons. The predicted molar refractivity (Wildman–Crippen MR) is 79.9 cm³/mol. The summed E-state index contributed by atoms with van der Waals surface area (Å²) in [7, 11) is 0. The quantitative estimate of drug-likeness (QED) is 0.675. The number of nitrogens with zero attached hydrogens (tertiary/aromatic N) is 1. The van der Waals surface area contributed by atoms with Crippen LogP contribution in [0.15, 0.2) is 0 Å². The summed E-state index contributed by atoms with van der Waals surface area (Å²) in [6.45, 7) is 9.48. The van der Waals surface area contributed by atoms with E-state index in [2.05, 4.69) is 0 Å². The lowest BCUT2D eigenvalue weighted by Crippen LogP contribution is -2.60. The fourth-order valence-electron chi connectivity index (χ4n) is 3.77. The number of ether oxygens (including phenoxy) is 6. The molecule has 0 aliphatic carbocycles. The molecule has 0 N–H and O–H groups in total. The van der Waals surface area contributed by atoms with E-state index >= 15 is 0 Å². The second-order valence-corrected chi connectivity index (χ2v) is 7.53. The van der Waals surface area contributed by atoms with Crippen molar-refractivity contribution in [3.63, 3.8) is 0 Å². The van der Waals surface area contributed by atoms with Gasteiger partial charge in [-0.3, -0.25) is 4.79 Å². The van der Waals surface area contributed by atoms with E-state index in [9.17, 15) is 4.79 Å². The van der Waals surface area contributed by atoms with Crippen molar-refractivity contribution in [3.05, 3.63) is 0 Å². The molecule has 24 heavy (non-hydrogen) atoms. The van der Waals surface area contributed by atoms with Gasteiger partial charge in [-0.25, -0.2) is 0 Å². The maximum absolute atomic E-state index is 13.0. The first-order valence-electron chi connectivity index (χ1n) is 8.49. The molecule has 4 saturated heterocycles.